The van der Waals surface area contributed by atoms with E-state index in [2.05, 4.69) is 25.5 Å². The molecule has 3 rings (SSSR count). The van der Waals surface area contributed by atoms with Gasteiger partial charge in [-0.1, -0.05) is 0 Å². The zero-order valence-electron chi connectivity index (χ0n) is 15.7. The van der Waals surface area contributed by atoms with Crippen LogP contribution in [0.5, 0.6) is 11.6 Å². The van der Waals surface area contributed by atoms with Crippen LogP contribution >= 0.6 is 0 Å². The number of ether oxygens (including phenoxy) is 2. The van der Waals surface area contributed by atoms with Crippen LogP contribution < -0.4 is 20.1 Å². The lowest BCUT2D eigenvalue weighted by molar-refractivity contribution is -0.0515. The minimum atomic E-state index is -3.03. The molecule has 3 heterocycles. The van der Waals surface area contributed by atoms with E-state index in [4.69, 9.17) is 9.84 Å². The van der Waals surface area contributed by atoms with Gasteiger partial charge in [0.15, 0.2) is 11.6 Å². The van der Waals surface area contributed by atoms with Gasteiger partial charge in [-0.2, -0.15) is 8.78 Å². The summed E-state index contributed by atoms with van der Waals surface area (Å²) in [5.41, 5.74) is 1.73. The van der Waals surface area contributed by atoms with Crippen molar-refractivity contribution in [1.29, 1.82) is 0 Å². The highest BCUT2D eigenvalue weighted by Gasteiger charge is 2.14. The topological polar surface area (TPSA) is 110 Å². The van der Waals surface area contributed by atoms with Gasteiger partial charge in [0.2, 0.25) is 0 Å². The maximum atomic E-state index is 13.0. The third-order valence-electron chi connectivity index (χ3n) is 3.95. The molecule has 0 saturated heterocycles. The first-order valence-electron chi connectivity index (χ1n) is 8.68. The molecule has 0 unspecified atom stereocenters. The second kappa shape index (κ2) is 9.31. The maximum absolute atomic E-state index is 13.0. The molecule has 0 aliphatic rings. The van der Waals surface area contributed by atoms with E-state index in [1.807, 2.05) is 0 Å². The normalized spacial score (nSPS) is 12.1. The second-order valence-electron chi connectivity index (χ2n) is 6.04. The highest BCUT2D eigenvalue weighted by Crippen LogP contribution is 2.31. The number of alkyl halides is 3. The van der Waals surface area contributed by atoms with Gasteiger partial charge in [-0.05, 0) is 23.8 Å². The molecule has 3 N–H and O–H groups in total. The molecular weight excluding hydrogens is 407 g/mol. The molecule has 0 bridgehead atoms. The van der Waals surface area contributed by atoms with Crippen molar-refractivity contribution in [3.63, 3.8) is 0 Å². The van der Waals surface area contributed by atoms with E-state index in [-0.39, 0.29) is 24.0 Å². The summed E-state index contributed by atoms with van der Waals surface area (Å²) in [4.78, 5) is 15.7. The first-order valence-corrected chi connectivity index (χ1v) is 8.68. The van der Waals surface area contributed by atoms with Crippen molar-refractivity contribution >= 4 is 17.4 Å². The van der Waals surface area contributed by atoms with Crippen LogP contribution in [0, 0.1) is 0 Å². The molecule has 0 aromatic carbocycles. The molecular formula is C18H18F3N5O4. The molecule has 3 aromatic rings. The van der Waals surface area contributed by atoms with E-state index >= 15 is 0 Å². The van der Waals surface area contributed by atoms with Crippen molar-refractivity contribution in [2.45, 2.75) is 12.8 Å². The van der Waals surface area contributed by atoms with E-state index in [1.54, 1.807) is 24.4 Å². The lowest BCUT2D eigenvalue weighted by Gasteiger charge is -2.10. The number of urea groups is 1. The summed E-state index contributed by atoms with van der Waals surface area (Å²) >= 11 is 0. The van der Waals surface area contributed by atoms with Gasteiger partial charge in [0.25, 0.3) is 5.88 Å². The Morgan fingerprint density at radius 3 is 2.77 bits per heavy atom. The first kappa shape index (κ1) is 21.2. The molecule has 3 aromatic heterocycles. The number of hydrogen-bond donors (Lipinski definition) is 3. The third kappa shape index (κ3) is 5.08. The van der Waals surface area contributed by atoms with E-state index in [0.29, 0.717) is 16.6 Å². The van der Waals surface area contributed by atoms with Crippen molar-refractivity contribution in [3.8, 4) is 22.8 Å². The summed E-state index contributed by atoms with van der Waals surface area (Å²) < 4.78 is 49.1. The number of pyridine rings is 2. The number of amides is 2. The number of anilines is 1. The first-order chi connectivity index (χ1) is 14.4. The molecule has 2 amide bonds. The van der Waals surface area contributed by atoms with Crippen LogP contribution in [0.4, 0.5) is 23.8 Å². The highest BCUT2D eigenvalue weighted by atomic mass is 19.3. The molecule has 0 radical (unpaired) electrons. The number of hydrogen-bond acceptors (Lipinski definition) is 6. The number of methoxy groups -OCH3 is 1. The Kier molecular flexibility index (Phi) is 6.57. The Bertz CT molecular complexity index is 1030. The van der Waals surface area contributed by atoms with Crippen LogP contribution in [0.1, 0.15) is 0 Å². The van der Waals surface area contributed by atoms with Crippen molar-refractivity contribution in [2.24, 2.45) is 0 Å². The van der Waals surface area contributed by atoms with Crippen LogP contribution in [0.15, 0.2) is 36.7 Å². The number of fused-ring (bicyclic) bond motifs is 1. The fraction of sp³-hybridized carbons (Fsp3) is 0.278. The predicted molar refractivity (Wildman–Crippen MR) is 101 cm³/mol. The standard InChI is InChI=1S/C18H18F3N5O4/c1-29-16-14(30-17(20)21)5-11(7-22-16)10-2-3-26-13(4-10)6-15(25-26)24-18(28)23-8-12(19)9-27/h2-7,12,17,27H,8-9H2,1H3,(H2,23,24,25,28)/t12-/m1/s1. The summed E-state index contributed by atoms with van der Waals surface area (Å²) in [6, 6.07) is 5.64. The van der Waals surface area contributed by atoms with E-state index < -0.39 is 25.4 Å². The molecule has 0 saturated carbocycles. The van der Waals surface area contributed by atoms with Gasteiger partial charge < -0.3 is 19.9 Å². The Labute approximate surface area is 168 Å². The number of nitrogens with zero attached hydrogens (tertiary/aromatic N) is 3. The number of carbonyl (C=O) groups excluding carboxylic acids is 1. The molecule has 30 heavy (non-hydrogen) atoms. The van der Waals surface area contributed by atoms with Gasteiger partial charge >= 0.3 is 12.6 Å². The van der Waals surface area contributed by atoms with Crippen molar-refractivity contribution in [1.82, 2.24) is 19.9 Å². The number of aromatic nitrogens is 3. The predicted octanol–water partition coefficient (Wildman–Crippen LogP) is 2.46. The number of aliphatic hydroxyl groups excluding tert-OH is 1. The van der Waals surface area contributed by atoms with Gasteiger partial charge in [0.05, 0.1) is 25.8 Å². The van der Waals surface area contributed by atoms with Crippen molar-refractivity contribution in [3.05, 3.63) is 36.7 Å². The maximum Gasteiger partial charge on any atom is 0.387 e. The number of carbonyl (C=O) groups is 1. The fourth-order valence-corrected chi connectivity index (χ4v) is 2.59. The smallest absolute Gasteiger partial charge is 0.387 e. The molecule has 9 nitrogen and oxygen atoms in total. The van der Waals surface area contributed by atoms with Gasteiger partial charge in [0.1, 0.15) is 6.17 Å². The highest BCUT2D eigenvalue weighted by molar-refractivity contribution is 5.89. The summed E-state index contributed by atoms with van der Waals surface area (Å²) in [6.07, 6.45) is 1.49. The van der Waals surface area contributed by atoms with E-state index in [1.165, 1.54) is 23.9 Å². The Balaban J connectivity index is 1.80. The van der Waals surface area contributed by atoms with Crippen LogP contribution in [-0.4, -0.2) is 58.8 Å². The summed E-state index contributed by atoms with van der Waals surface area (Å²) in [5.74, 6) is -0.0659. The summed E-state index contributed by atoms with van der Waals surface area (Å²) in [6.45, 7) is -4.06. The minimum Gasteiger partial charge on any atom is -0.478 e. The SMILES string of the molecule is COc1ncc(-c2ccn3nc(NC(=O)NC[C@@H](F)CO)cc3c2)cc1OC(F)F. The van der Waals surface area contributed by atoms with Crippen LogP contribution in [0.2, 0.25) is 0 Å². The van der Waals surface area contributed by atoms with Crippen LogP contribution in [0.3, 0.4) is 0 Å². The Morgan fingerprint density at radius 2 is 2.07 bits per heavy atom. The minimum absolute atomic E-state index is 0.0707. The van der Waals surface area contributed by atoms with Crippen molar-refractivity contribution in [2.75, 3.05) is 25.6 Å². The average Bonchev–Trinajstić information content (AvgIpc) is 3.12. The average molecular weight is 425 g/mol. The second-order valence-corrected chi connectivity index (χ2v) is 6.04. The molecule has 0 aliphatic heterocycles. The van der Waals surface area contributed by atoms with E-state index in [0.717, 1.165) is 0 Å². The van der Waals surface area contributed by atoms with Gasteiger partial charge in [-0.3, -0.25) is 5.32 Å². The van der Waals surface area contributed by atoms with Gasteiger partial charge in [-0.15, -0.1) is 5.10 Å². The number of nitrogens with one attached hydrogen (secondary N) is 2. The fourth-order valence-electron chi connectivity index (χ4n) is 2.59. The lowest BCUT2D eigenvalue weighted by Crippen LogP contribution is -2.35. The summed E-state index contributed by atoms with van der Waals surface area (Å²) in [7, 11) is 1.29. The molecule has 0 aliphatic carbocycles. The largest absolute Gasteiger partial charge is 0.478 e. The molecule has 160 valence electrons. The molecule has 0 spiro atoms. The van der Waals surface area contributed by atoms with Gasteiger partial charge in [0, 0.05) is 24.0 Å². The summed E-state index contributed by atoms with van der Waals surface area (Å²) in [5, 5.41) is 17.5. The zero-order valence-corrected chi connectivity index (χ0v) is 15.7. The zero-order chi connectivity index (χ0) is 21.7. The lowest BCUT2D eigenvalue weighted by atomic mass is 10.1. The number of rotatable bonds is 8. The monoisotopic (exact) mass is 425 g/mol. The van der Waals surface area contributed by atoms with Gasteiger partial charge in [-0.25, -0.2) is 18.7 Å². The molecule has 12 heteroatoms. The Morgan fingerprint density at radius 1 is 1.27 bits per heavy atom. The Hall–Kier alpha value is -3.54. The quantitative estimate of drug-likeness (QED) is 0.512. The number of aliphatic hydroxyl groups is 1. The van der Waals surface area contributed by atoms with Crippen molar-refractivity contribution < 1.29 is 32.5 Å². The third-order valence-corrected chi connectivity index (χ3v) is 3.95. The van der Waals surface area contributed by atoms with Crippen LogP contribution in [-0.2, 0) is 0 Å². The molecule has 0 fully saturated rings. The molecule has 1 atom stereocenters. The number of halogens is 3. The van der Waals surface area contributed by atoms with E-state index in [9.17, 15) is 18.0 Å². The van der Waals surface area contributed by atoms with Crippen LogP contribution in [0.25, 0.3) is 16.6 Å².